The average molecular weight is 582 g/mol. The number of sulfonamides is 1. The van der Waals surface area contributed by atoms with Crippen molar-refractivity contribution in [1.82, 2.24) is 10.2 Å². The lowest BCUT2D eigenvalue weighted by atomic mass is 10.1. The summed E-state index contributed by atoms with van der Waals surface area (Å²) in [6, 6.07) is 7.15. The van der Waals surface area contributed by atoms with Gasteiger partial charge in [-0.25, -0.2) is 8.42 Å². The SMILES string of the molecule is CC(C)CNC(=O)[C@@H](C)N(Cc1ccc(Cl)cc1Cl)C(=O)CN(c1cccc(C(F)(F)F)c1)S(C)(=O)=O. The first-order chi connectivity index (χ1) is 17.0. The minimum absolute atomic E-state index is 0.132. The summed E-state index contributed by atoms with van der Waals surface area (Å²) in [4.78, 5) is 27.4. The lowest BCUT2D eigenvalue weighted by molar-refractivity contribution is -0.139. The molecule has 1 atom stereocenters. The van der Waals surface area contributed by atoms with Crippen molar-refractivity contribution < 1.29 is 31.2 Å². The van der Waals surface area contributed by atoms with Crippen molar-refractivity contribution >= 4 is 50.7 Å². The summed E-state index contributed by atoms with van der Waals surface area (Å²) in [7, 11) is -4.19. The molecule has 1 N–H and O–H groups in total. The molecule has 0 saturated heterocycles. The summed E-state index contributed by atoms with van der Waals surface area (Å²) in [5.41, 5.74) is -0.975. The molecular formula is C24H28Cl2F3N3O4S. The summed E-state index contributed by atoms with van der Waals surface area (Å²) in [6.07, 6.45) is -3.94. The first-order valence-electron chi connectivity index (χ1n) is 11.2. The smallest absolute Gasteiger partial charge is 0.354 e. The van der Waals surface area contributed by atoms with E-state index >= 15 is 0 Å². The molecule has 2 aromatic rings. The van der Waals surface area contributed by atoms with Gasteiger partial charge in [0.05, 0.1) is 17.5 Å². The molecule has 0 spiro atoms. The molecule has 0 aliphatic carbocycles. The number of anilines is 1. The fourth-order valence-electron chi connectivity index (χ4n) is 3.32. The molecule has 0 fully saturated rings. The van der Waals surface area contributed by atoms with Gasteiger partial charge in [0.15, 0.2) is 0 Å². The lowest BCUT2D eigenvalue weighted by Gasteiger charge is -2.32. The van der Waals surface area contributed by atoms with Gasteiger partial charge in [-0.15, -0.1) is 0 Å². The maximum Gasteiger partial charge on any atom is 0.416 e. The molecule has 0 aliphatic heterocycles. The molecule has 13 heteroatoms. The Labute approximate surface area is 224 Å². The van der Waals surface area contributed by atoms with Crippen LogP contribution in [-0.2, 0) is 32.3 Å². The Balaban J connectivity index is 2.46. The summed E-state index contributed by atoms with van der Waals surface area (Å²) in [6.45, 7) is 4.57. The molecule has 37 heavy (non-hydrogen) atoms. The Hall–Kier alpha value is -2.50. The number of rotatable bonds is 10. The number of hydrogen-bond donors (Lipinski definition) is 1. The highest BCUT2D eigenvalue weighted by atomic mass is 35.5. The predicted octanol–water partition coefficient (Wildman–Crippen LogP) is 4.97. The number of halogens is 5. The van der Waals surface area contributed by atoms with E-state index in [4.69, 9.17) is 23.2 Å². The second kappa shape index (κ2) is 12.4. The maximum absolute atomic E-state index is 13.5. The monoisotopic (exact) mass is 581 g/mol. The van der Waals surface area contributed by atoms with Gasteiger partial charge in [-0.05, 0) is 48.7 Å². The first-order valence-corrected chi connectivity index (χ1v) is 13.8. The van der Waals surface area contributed by atoms with Gasteiger partial charge in [-0.3, -0.25) is 13.9 Å². The van der Waals surface area contributed by atoms with Crippen LogP contribution in [0.5, 0.6) is 0 Å². The van der Waals surface area contributed by atoms with Crippen LogP contribution in [0.4, 0.5) is 18.9 Å². The number of hydrogen-bond acceptors (Lipinski definition) is 4. The van der Waals surface area contributed by atoms with E-state index in [-0.39, 0.29) is 23.2 Å². The molecule has 2 aromatic carbocycles. The molecule has 204 valence electrons. The summed E-state index contributed by atoms with van der Waals surface area (Å²) in [5.74, 6) is -1.18. The second-order valence-electron chi connectivity index (χ2n) is 8.89. The van der Waals surface area contributed by atoms with Crippen LogP contribution in [0.15, 0.2) is 42.5 Å². The molecule has 2 amide bonds. The van der Waals surface area contributed by atoms with Crippen molar-refractivity contribution in [2.24, 2.45) is 5.92 Å². The minimum atomic E-state index is -4.72. The Kier molecular flexibility index (Phi) is 10.3. The number of nitrogens with zero attached hydrogens (tertiary/aromatic N) is 2. The first kappa shape index (κ1) is 30.7. The third-order valence-corrected chi connectivity index (χ3v) is 7.08. The quantitative estimate of drug-likeness (QED) is 0.429. The average Bonchev–Trinajstić information content (AvgIpc) is 2.78. The van der Waals surface area contributed by atoms with Crippen LogP contribution in [-0.4, -0.2) is 50.5 Å². The third-order valence-electron chi connectivity index (χ3n) is 5.35. The zero-order chi connectivity index (χ0) is 28.1. The van der Waals surface area contributed by atoms with Crippen molar-refractivity contribution in [3.05, 3.63) is 63.6 Å². The number of carbonyl (C=O) groups excluding carboxylic acids is 2. The molecule has 0 heterocycles. The van der Waals surface area contributed by atoms with Crippen molar-refractivity contribution in [3.8, 4) is 0 Å². The topological polar surface area (TPSA) is 86.8 Å². The van der Waals surface area contributed by atoms with Gasteiger partial charge >= 0.3 is 6.18 Å². The molecule has 0 aliphatic rings. The van der Waals surface area contributed by atoms with E-state index in [0.29, 0.717) is 27.5 Å². The zero-order valence-corrected chi connectivity index (χ0v) is 23.0. The number of alkyl halides is 3. The fourth-order valence-corrected chi connectivity index (χ4v) is 4.63. The van der Waals surface area contributed by atoms with E-state index in [2.05, 4.69) is 5.32 Å². The van der Waals surface area contributed by atoms with Gasteiger partial charge in [0.1, 0.15) is 12.6 Å². The van der Waals surface area contributed by atoms with Crippen molar-refractivity contribution in [3.63, 3.8) is 0 Å². The molecular weight excluding hydrogens is 554 g/mol. The zero-order valence-electron chi connectivity index (χ0n) is 20.6. The summed E-state index contributed by atoms with van der Waals surface area (Å²) in [5, 5.41) is 3.29. The number of benzene rings is 2. The van der Waals surface area contributed by atoms with Gasteiger partial charge in [0, 0.05) is 23.1 Å². The highest BCUT2D eigenvalue weighted by Crippen LogP contribution is 2.32. The highest BCUT2D eigenvalue weighted by Gasteiger charge is 2.33. The minimum Gasteiger partial charge on any atom is -0.354 e. The highest BCUT2D eigenvalue weighted by molar-refractivity contribution is 7.92. The molecule has 0 aromatic heterocycles. The van der Waals surface area contributed by atoms with E-state index in [1.165, 1.54) is 13.0 Å². The van der Waals surface area contributed by atoms with Crippen LogP contribution in [0.25, 0.3) is 0 Å². The maximum atomic E-state index is 13.5. The van der Waals surface area contributed by atoms with Crippen LogP contribution < -0.4 is 9.62 Å². The van der Waals surface area contributed by atoms with E-state index in [9.17, 15) is 31.2 Å². The van der Waals surface area contributed by atoms with Crippen molar-refractivity contribution in [2.45, 2.75) is 39.5 Å². The van der Waals surface area contributed by atoms with E-state index in [1.54, 1.807) is 12.1 Å². The van der Waals surface area contributed by atoms with Crippen LogP contribution in [0.1, 0.15) is 31.9 Å². The van der Waals surface area contributed by atoms with Crippen LogP contribution in [0, 0.1) is 5.92 Å². The number of amides is 2. The molecule has 2 rings (SSSR count). The molecule has 0 saturated carbocycles. The standard InChI is InChI=1S/C24H28Cl2F3N3O4S/c1-15(2)12-30-23(34)16(3)31(13-17-8-9-19(25)11-21(17)26)22(33)14-32(37(4,35)36)20-7-5-6-18(10-20)24(27,28)29/h5-11,15-16H,12-14H2,1-4H3,(H,30,34)/t16-/m1/s1. The largest absolute Gasteiger partial charge is 0.416 e. The van der Waals surface area contributed by atoms with Crippen molar-refractivity contribution in [2.75, 3.05) is 23.7 Å². The number of carbonyl (C=O) groups is 2. The van der Waals surface area contributed by atoms with E-state index in [0.717, 1.165) is 29.4 Å². The Morgan fingerprint density at radius 1 is 1.05 bits per heavy atom. The van der Waals surface area contributed by atoms with Crippen LogP contribution in [0.2, 0.25) is 10.0 Å². The third kappa shape index (κ3) is 8.79. The van der Waals surface area contributed by atoms with Gasteiger partial charge in [-0.1, -0.05) is 49.2 Å². The molecule has 0 bridgehead atoms. The second-order valence-corrected chi connectivity index (χ2v) is 11.6. The summed E-state index contributed by atoms with van der Waals surface area (Å²) < 4.78 is 65.4. The van der Waals surface area contributed by atoms with Crippen LogP contribution >= 0.6 is 23.2 Å². The van der Waals surface area contributed by atoms with Crippen LogP contribution in [0.3, 0.4) is 0 Å². The number of nitrogens with one attached hydrogen (secondary N) is 1. The normalized spacial score (nSPS) is 12.8. The molecule has 7 nitrogen and oxygen atoms in total. The summed E-state index contributed by atoms with van der Waals surface area (Å²) >= 11 is 12.2. The Morgan fingerprint density at radius 3 is 2.24 bits per heavy atom. The Morgan fingerprint density at radius 2 is 1.70 bits per heavy atom. The predicted molar refractivity (Wildman–Crippen MR) is 138 cm³/mol. The van der Waals surface area contributed by atoms with E-state index in [1.807, 2.05) is 13.8 Å². The van der Waals surface area contributed by atoms with Gasteiger partial charge < -0.3 is 10.2 Å². The Bertz CT molecular complexity index is 1240. The van der Waals surface area contributed by atoms with Gasteiger partial charge in [0.25, 0.3) is 0 Å². The van der Waals surface area contributed by atoms with Crippen molar-refractivity contribution in [1.29, 1.82) is 0 Å². The molecule has 0 radical (unpaired) electrons. The van der Waals surface area contributed by atoms with Gasteiger partial charge in [0.2, 0.25) is 21.8 Å². The van der Waals surface area contributed by atoms with E-state index < -0.39 is 46.2 Å². The fraction of sp³-hybridized carbons (Fsp3) is 0.417. The van der Waals surface area contributed by atoms with Gasteiger partial charge in [-0.2, -0.15) is 13.2 Å². The molecule has 0 unspecified atom stereocenters. The lowest BCUT2D eigenvalue weighted by Crippen LogP contribution is -2.51.